The molecule has 0 saturated carbocycles. The van der Waals surface area contributed by atoms with Crippen LogP contribution in [0.5, 0.6) is 0 Å². The van der Waals surface area contributed by atoms with E-state index in [9.17, 15) is 4.79 Å². The largest absolute Gasteiger partial charge is 0.353 e. The molecule has 66 valence electrons. The predicted molar refractivity (Wildman–Crippen MR) is 57.9 cm³/mol. The SMILES string of the molecule is [B]C(=O)C1=CC=Cc2ccccc2N1. The molecule has 2 rings (SSSR count). The zero-order chi connectivity index (χ0) is 9.97. The van der Waals surface area contributed by atoms with Crippen molar-refractivity contribution in [1.29, 1.82) is 0 Å². The number of hydrogen-bond acceptors (Lipinski definition) is 2. The zero-order valence-corrected chi connectivity index (χ0v) is 7.53. The van der Waals surface area contributed by atoms with E-state index in [1.165, 1.54) is 0 Å². The number of para-hydroxylation sites is 1. The lowest BCUT2D eigenvalue weighted by molar-refractivity contribution is -0.108. The van der Waals surface area contributed by atoms with Crippen LogP contribution in [-0.4, -0.2) is 13.5 Å². The average Bonchev–Trinajstić information content (AvgIpc) is 2.39. The molecule has 0 saturated heterocycles. The molecule has 3 heteroatoms. The lowest BCUT2D eigenvalue weighted by Gasteiger charge is -2.08. The number of nitrogens with one attached hydrogen (secondary N) is 1. The van der Waals surface area contributed by atoms with Crippen LogP contribution in [0.3, 0.4) is 0 Å². The van der Waals surface area contributed by atoms with Crippen molar-refractivity contribution in [2.75, 3.05) is 5.32 Å². The topological polar surface area (TPSA) is 29.1 Å². The molecule has 1 aromatic carbocycles. The number of allylic oxidation sites excluding steroid dienone is 3. The van der Waals surface area contributed by atoms with Crippen LogP contribution in [0.25, 0.3) is 6.08 Å². The molecular weight excluding hydrogens is 173 g/mol. The summed E-state index contributed by atoms with van der Waals surface area (Å²) in [5.41, 5.74) is 1.89. The van der Waals surface area contributed by atoms with E-state index >= 15 is 0 Å². The smallest absolute Gasteiger partial charge is 0.177 e. The molecule has 1 N–H and O–H groups in total. The van der Waals surface area contributed by atoms with E-state index in [0.29, 0.717) is 5.70 Å². The van der Waals surface area contributed by atoms with Gasteiger partial charge in [0, 0.05) is 5.69 Å². The van der Waals surface area contributed by atoms with E-state index in [4.69, 9.17) is 7.85 Å². The van der Waals surface area contributed by atoms with Gasteiger partial charge in [0.1, 0.15) is 5.68 Å². The highest BCUT2D eigenvalue weighted by Gasteiger charge is 2.06. The quantitative estimate of drug-likeness (QED) is 0.668. The fourth-order valence-corrected chi connectivity index (χ4v) is 1.33. The number of rotatable bonds is 1. The van der Waals surface area contributed by atoms with Crippen LogP contribution in [0.2, 0.25) is 0 Å². The molecule has 0 atom stereocenters. The van der Waals surface area contributed by atoms with Crippen LogP contribution in [0, 0.1) is 0 Å². The second-order valence-electron chi connectivity index (χ2n) is 3.02. The van der Waals surface area contributed by atoms with Gasteiger partial charge < -0.3 is 10.1 Å². The maximum absolute atomic E-state index is 11.0. The summed E-state index contributed by atoms with van der Waals surface area (Å²) in [6, 6.07) is 7.72. The van der Waals surface area contributed by atoms with Gasteiger partial charge in [0.2, 0.25) is 0 Å². The Kier molecular flexibility index (Phi) is 2.23. The molecule has 1 aliphatic rings. The standard InChI is InChI=1S/C11H8BNO/c12-11(14)10-7-3-5-8-4-1-2-6-9(8)13-10/h1-7,13H. The highest BCUT2D eigenvalue weighted by molar-refractivity contribution is 6.62. The summed E-state index contributed by atoms with van der Waals surface area (Å²) in [6.07, 6.45) is 5.40. The first-order valence-electron chi connectivity index (χ1n) is 4.31. The Labute approximate surface area is 83.7 Å². The highest BCUT2D eigenvalue weighted by Crippen LogP contribution is 2.21. The first-order chi connectivity index (χ1) is 6.77. The van der Waals surface area contributed by atoms with Crippen molar-refractivity contribution in [1.82, 2.24) is 0 Å². The molecule has 0 aliphatic carbocycles. The van der Waals surface area contributed by atoms with E-state index in [1.807, 2.05) is 30.3 Å². The minimum atomic E-state index is -0.452. The molecule has 0 aromatic heterocycles. The molecule has 0 bridgehead atoms. The summed E-state index contributed by atoms with van der Waals surface area (Å²) in [4.78, 5) is 11.0. The maximum Gasteiger partial charge on any atom is 0.177 e. The zero-order valence-electron chi connectivity index (χ0n) is 7.53. The molecule has 0 unspecified atom stereocenters. The van der Waals surface area contributed by atoms with Crippen LogP contribution in [0.15, 0.2) is 42.1 Å². The first-order valence-corrected chi connectivity index (χ1v) is 4.31. The van der Waals surface area contributed by atoms with Crippen molar-refractivity contribution >= 4 is 25.3 Å². The molecule has 1 aliphatic heterocycles. The summed E-state index contributed by atoms with van der Waals surface area (Å²) in [5, 5.41) is 2.98. The molecular formula is C11H8BNO. The number of carbonyl (C=O) groups excluding carboxylic acids is 1. The van der Waals surface area contributed by atoms with Crippen molar-refractivity contribution in [3.8, 4) is 0 Å². The lowest BCUT2D eigenvalue weighted by Crippen LogP contribution is -2.10. The monoisotopic (exact) mass is 181 g/mol. The Balaban J connectivity index is 2.42. The van der Waals surface area contributed by atoms with E-state index < -0.39 is 5.68 Å². The molecule has 0 fully saturated rings. The lowest BCUT2D eigenvalue weighted by atomic mass is 9.99. The van der Waals surface area contributed by atoms with E-state index in [-0.39, 0.29) is 0 Å². The van der Waals surface area contributed by atoms with Gasteiger partial charge in [0.05, 0.1) is 5.70 Å². The van der Waals surface area contributed by atoms with Crippen molar-refractivity contribution in [2.45, 2.75) is 0 Å². The third kappa shape index (κ3) is 1.62. The van der Waals surface area contributed by atoms with Crippen molar-refractivity contribution in [3.63, 3.8) is 0 Å². The summed E-state index contributed by atoms with van der Waals surface area (Å²) in [5.74, 6) is 0. The molecule has 14 heavy (non-hydrogen) atoms. The van der Waals surface area contributed by atoms with Crippen LogP contribution in [0.4, 0.5) is 5.69 Å². The van der Waals surface area contributed by atoms with Gasteiger partial charge >= 0.3 is 0 Å². The van der Waals surface area contributed by atoms with Crippen molar-refractivity contribution in [3.05, 3.63) is 47.7 Å². The summed E-state index contributed by atoms with van der Waals surface area (Å²) in [6.45, 7) is 0. The van der Waals surface area contributed by atoms with Crippen LogP contribution >= 0.6 is 0 Å². The third-order valence-corrected chi connectivity index (χ3v) is 2.03. The number of hydrogen-bond donors (Lipinski definition) is 1. The molecule has 1 aromatic rings. The Bertz CT molecular complexity index is 435. The average molecular weight is 181 g/mol. The Hall–Kier alpha value is -1.77. The van der Waals surface area contributed by atoms with Crippen LogP contribution in [-0.2, 0) is 4.79 Å². The summed E-state index contributed by atoms with van der Waals surface area (Å²) >= 11 is 0. The van der Waals surface area contributed by atoms with Crippen LogP contribution < -0.4 is 5.32 Å². The summed E-state index contributed by atoms with van der Waals surface area (Å²) < 4.78 is 0. The number of fused-ring (bicyclic) bond motifs is 1. The van der Waals surface area contributed by atoms with Gasteiger partial charge in [0.15, 0.2) is 7.85 Å². The van der Waals surface area contributed by atoms with E-state index in [1.54, 1.807) is 12.2 Å². The fraction of sp³-hybridized carbons (Fsp3) is 0. The minimum absolute atomic E-state index is 0.409. The molecule has 2 radical (unpaired) electrons. The Morgan fingerprint density at radius 1 is 1.29 bits per heavy atom. The number of anilines is 1. The normalized spacial score (nSPS) is 13.6. The number of carbonyl (C=O) groups is 1. The van der Waals surface area contributed by atoms with Gasteiger partial charge in [-0.05, 0) is 17.7 Å². The van der Waals surface area contributed by atoms with Crippen molar-refractivity contribution < 1.29 is 4.79 Å². The number of benzene rings is 1. The second kappa shape index (κ2) is 3.54. The van der Waals surface area contributed by atoms with Gasteiger partial charge in [-0.2, -0.15) is 0 Å². The van der Waals surface area contributed by atoms with E-state index in [0.717, 1.165) is 11.3 Å². The van der Waals surface area contributed by atoms with E-state index in [2.05, 4.69) is 5.32 Å². The van der Waals surface area contributed by atoms with Gasteiger partial charge in [-0.15, -0.1) is 0 Å². The van der Waals surface area contributed by atoms with Gasteiger partial charge in [0.25, 0.3) is 0 Å². The second-order valence-corrected chi connectivity index (χ2v) is 3.02. The highest BCUT2D eigenvalue weighted by atomic mass is 16.1. The molecule has 0 amide bonds. The fourth-order valence-electron chi connectivity index (χ4n) is 1.33. The van der Waals surface area contributed by atoms with Gasteiger partial charge in [-0.3, -0.25) is 0 Å². The molecule has 2 nitrogen and oxygen atoms in total. The molecule has 1 heterocycles. The van der Waals surface area contributed by atoms with Gasteiger partial charge in [-0.25, -0.2) is 0 Å². The predicted octanol–water partition coefficient (Wildman–Crippen LogP) is 1.70. The molecule has 0 spiro atoms. The Morgan fingerprint density at radius 3 is 2.86 bits per heavy atom. The third-order valence-electron chi connectivity index (χ3n) is 2.03. The van der Waals surface area contributed by atoms with Crippen molar-refractivity contribution in [2.24, 2.45) is 0 Å². The minimum Gasteiger partial charge on any atom is -0.353 e. The van der Waals surface area contributed by atoms with Gasteiger partial charge in [-0.1, -0.05) is 30.4 Å². The first kappa shape index (κ1) is 8.82. The summed E-state index contributed by atoms with van der Waals surface area (Å²) in [7, 11) is 5.19. The maximum atomic E-state index is 11.0. The van der Waals surface area contributed by atoms with Crippen LogP contribution in [0.1, 0.15) is 5.56 Å². The Morgan fingerprint density at radius 2 is 2.07 bits per heavy atom.